The Bertz CT molecular complexity index is 1700. The first-order valence-corrected chi connectivity index (χ1v) is 13.7. The van der Waals surface area contributed by atoms with Gasteiger partial charge < -0.3 is 25.6 Å². The standard InChI is InChI=1S/C31H34N6O4/c1-17(2)29-35-27-25(31(40)41)14-24(34-30(39)21-8-10-36(11-9-21)18(3)32)15-26(27)37(29)16-19-4-5-20-6-7-22(28(33)38)13-23(20)12-19/h4-7,12-15,17,21,32H,8-11,16H2,1-3H3,(H2,33,38)(H,34,39)(H,40,41). The highest BCUT2D eigenvalue weighted by Crippen LogP contribution is 2.30. The molecule has 0 bridgehead atoms. The molecule has 3 aromatic carbocycles. The summed E-state index contributed by atoms with van der Waals surface area (Å²) in [5.74, 6) is -0.754. The molecule has 212 valence electrons. The van der Waals surface area contributed by atoms with E-state index in [0.29, 0.717) is 60.6 Å². The van der Waals surface area contributed by atoms with E-state index in [1.54, 1.807) is 25.1 Å². The Labute approximate surface area is 237 Å². The summed E-state index contributed by atoms with van der Waals surface area (Å²) in [4.78, 5) is 43.9. The molecule has 41 heavy (non-hydrogen) atoms. The number of benzene rings is 3. The summed E-state index contributed by atoms with van der Waals surface area (Å²) < 4.78 is 1.99. The number of piperidine rings is 1. The first kappa shape index (κ1) is 27.8. The molecule has 1 aliphatic heterocycles. The fourth-order valence-corrected chi connectivity index (χ4v) is 5.53. The highest BCUT2D eigenvalue weighted by atomic mass is 16.4. The summed E-state index contributed by atoms with van der Waals surface area (Å²) in [5, 5.41) is 22.7. The Morgan fingerprint density at radius 3 is 2.41 bits per heavy atom. The van der Waals surface area contributed by atoms with Crippen LogP contribution in [0.4, 0.5) is 5.69 Å². The van der Waals surface area contributed by atoms with Gasteiger partial charge in [0.25, 0.3) is 0 Å². The summed E-state index contributed by atoms with van der Waals surface area (Å²) >= 11 is 0. The third-order valence-electron chi connectivity index (χ3n) is 7.77. The maximum atomic E-state index is 13.2. The van der Waals surface area contributed by atoms with E-state index in [2.05, 4.69) is 5.32 Å². The van der Waals surface area contributed by atoms with E-state index in [1.807, 2.05) is 47.6 Å². The number of likely N-dealkylation sites (tertiary alicyclic amines) is 1. The van der Waals surface area contributed by atoms with E-state index in [-0.39, 0.29) is 23.3 Å². The molecular formula is C31H34N6O4. The molecule has 0 radical (unpaired) electrons. The van der Waals surface area contributed by atoms with Gasteiger partial charge in [0.15, 0.2) is 0 Å². The zero-order valence-corrected chi connectivity index (χ0v) is 23.4. The van der Waals surface area contributed by atoms with Gasteiger partial charge >= 0.3 is 5.97 Å². The predicted molar refractivity (Wildman–Crippen MR) is 159 cm³/mol. The number of hydrogen-bond acceptors (Lipinski definition) is 5. The number of amides is 2. The summed E-state index contributed by atoms with van der Waals surface area (Å²) in [5.41, 5.74) is 8.27. The maximum Gasteiger partial charge on any atom is 0.338 e. The fourth-order valence-electron chi connectivity index (χ4n) is 5.53. The second kappa shape index (κ2) is 11.0. The van der Waals surface area contributed by atoms with Crippen molar-refractivity contribution in [2.24, 2.45) is 11.7 Å². The van der Waals surface area contributed by atoms with Crippen molar-refractivity contribution in [3.05, 3.63) is 71.0 Å². The molecule has 0 saturated carbocycles. The lowest BCUT2D eigenvalue weighted by atomic mass is 9.95. The number of anilines is 1. The largest absolute Gasteiger partial charge is 0.478 e. The minimum atomic E-state index is -1.12. The number of aromatic carboxylic acids is 1. The minimum Gasteiger partial charge on any atom is -0.478 e. The molecule has 5 N–H and O–H groups in total. The van der Waals surface area contributed by atoms with Crippen LogP contribution in [0.5, 0.6) is 0 Å². The molecule has 4 aromatic rings. The van der Waals surface area contributed by atoms with Crippen LogP contribution >= 0.6 is 0 Å². The van der Waals surface area contributed by atoms with E-state index >= 15 is 0 Å². The Hall–Kier alpha value is -4.73. The SMILES string of the molecule is CC(=N)N1CCC(C(=O)Nc2cc(C(=O)O)c3nc(C(C)C)n(Cc4ccc5ccc(C(N)=O)cc5c4)c3c2)CC1. The van der Waals surface area contributed by atoms with Crippen LogP contribution in [0.2, 0.25) is 0 Å². The lowest BCUT2D eigenvalue weighted by Gasteiger charge is -2.32. The van der Waals surface area contributed by atoms with Gasteiger partial charge in [0.2, 0.25) is 11.8 Å². The van der Waals surface area contributed by atoms with Crippen LogP contribution in [0, 0.1) is 11.3 Å². The number of carbonyl (C=O) groups excluding carboxylic acids is 2. The van der Waals surface area contributed by atoms with Gasteiger partial charge in [-0.05, 0) is 66.4 Å². The Morgan fingerprint density at radius 2 is 1.78 bits per heavy atom. The molecule has 0 aliphatic carbocycles. The molecule has 0 atom stereocenters. The predicted octanol–water partition coefficient (Wildman–Crippen LogP) is 4.81. The van der Waals surface area contributed by atoms with Crippen molar-refractivity contribution < 1.29 is 19.5 Å². The van der Waals surface area contributed by atoms with E-state index in [4.69, 9.17) is 16.1 Å². The molecule has 5 rings (SSSR count). The first-order chi connectivity index (χ1) is 19.5. The van der Waals surface area contributed by atoms with Gasteiger partial charge in [0, 0.05) is 42.7 Å². The second-order valence-corrected chi connectivity index (χ2v) is 11.0. The molecule has 2 amide bonds. The van der Waals surface area contributed by atoms with Crippen molar-refractivity contribution in [2.75, 3.05) is 18.4 Å². The zero-order valence-electron chi connectivity index (χ0n) is 23.4. The van der Waals surface area contributed by atoms with Crippen molar-refractivity contribution >= 4 is 51.1 Å². The van der Waals surface area contributed by atoms with E-state index in [9.17, 15) is 19.5 Å². The number of carbonyl (C=O) groups is 3. The van der Waals surface area contributed by atoms with Crippen molar-refractivity contribution in [3.8, 4) is 0 Å². The van der Waals surface area contributed by atoms with Crippen molar-refractivity contribution in [1.29, 1.82) is 5.41 Å². The molecule has 1 saturated heterocycles. The van der Waals surface area contributed by atoms with E-state index < -0.39 is 11.9 Å². The monoisotopic (exact) mass is 554 g/mol. The van der Waals surface area contributed by atoms with Crippen LogP contribution in [-0.2, 0) is 11.3 Å². The Kier molecular flexibility index (Phi) is 7.49. The number of imidazole rings is 1. The number of amidine groups is 1. The number of carboxylic acids is 1. The maximum absolute atomic E-state index is 13.2. The van der Waals surface area contributed by atoms with E-state index in [1.165, 1.54) is 6.07 Å². The van der Waals surface area contributed by atoms with Gasteiger partial charge in [-0.25, -0.2) is 9.78 Å². The van der Waals surface area contributed by atoms with Gasteiger partial charge in [-0.15, -0.1) is 0 Å². The summed E-state index contributed by atoms with van der Waals surface area (Å²) in [6, 6.07) is 14.5. The van der Waals surface area contributed by atoms with Gasteiger partial charge in [-0.1, -0.05) is 32.0 Å². The molecule has 10 heteroatoms. The number of carboxylic acid groups (broad SMARTS) is 1. The fraction of sp³-hybridized carbons (Fsp3) is 0.323. The number of fused-ring (bicyclic) bond motifs is 2. The number of nitrogens with two attached hydrogens (primary N) is 1. The van der Waals surface area contributed by atoms with Crippen LogP contribution in [0.15, 0.2) is 48.5 Å². The highest BCUT2D eigenvalue weighted by Gasteiger charge is 2.27. The summed E-state index contributed by atoms with van der Waals surface area (Å²) in [7, 11) is 0. The number of nitrogens with one attached hydrogen (secondary N) is 2. The lowest BCUT2D eigenvalue weighted by Crippen LogP contribution is -2.40. The molecule has 2 heterocycles. The van der Waals surface area contributed by atoms with Crippen LogP contribution in [-0.4, -0.2) is 56.3 Å². The quantitative estimate of drug-likeness (QED) is 0.190. The molecule has 10 nitrogen and oxygen atoms in total. The van der Waals surface area contributed by atoms with Crippen molar-refractivity contribution in [1.82, 2.24) is 14.5 Å². The molecule has 1 aromatic heterocycles. The number of primary amides is 1. The Morgan fingerprint density at radius 1 is 1.07 bits per heavy atom. The Balaban J connectivity index is 1.52. The number of aromatic nitrogens is 2. The zero-order chi connectivity index (χ0) is 29.4. The average molecular weight is 555 g/mol. The van der Waals surface area contributed by atoms with Gasteiger partial charge in [-0.3, -0.25) is 15.0 Å². The van der Waals surface area contributed by atoms with Crippen molar-refractivity contribution in [3.63, 3.8) is 0 Å². The average Bonchev–Trinajstić information content (AvgIpc) is 3.30. The van der Waals surface area contributed by atoms with Crippen LogP contribution in [0.25, 0.3) is 21.8 Å². The summed E-state index contributed by atoms with van der Waals surface area (Å²) in [6.07, 6.45) is 1.26. The minimum absolute atomic E-state index is 0.00601. The van der Waals surface area contributed by atoms with Crippen LogP contribution < -0.4 is 11.1 Å². The molecule has 1 aliphatic rings. The van der Waals surface area contributed by atoms with Gasteiger partial charge in [0.05, 0.1) is 16.9 Å². The molecule has 1 fully saturated rings. The van der Waals surface area contributed by atoms with Crippen LogP contribution in [0.1, 0.15) is 71.6 Å². The summed E-state index contributed by atoms with van der Waals surface area (Å²) in [6.45, 7) is 7.45. The van der Waals surface area contributed by atoms with Crippen molar-refractivity contribution in [2.45, 2.75) is 46.1 Å². The second-order valence-electron chi connectivity index (χ2n) is 11.0. The molecular weight excluding hydrogens is 520 g/mol. The van der Waals surface area contributed by atoms with Gasteiger partial charge in [0.1, 0.15) is 11.3 Å². The third kappa shape index (κ3) is 5.63. The number of nitrogens with zero attached hydrogens (tertiary/aromatic N) is 3. The normalized spacial score (nSPS) is 14.1. The smallest absolute Gasteiger partial charge is 0.338 e. The third-order valence-corrected chi connectivity index (χ3v) is 7.77. The molecule has 0 unspecified atom stereocenters. The van der Waals surface area contributed by atoms with E-state index in [0.717, 1.165) is 22.2 Å². The number of hydrogen-bond donors (Lipinski definition) is 4. The topological polar surface area (TPSA) is 154 Å². The first-order valence-electron chi connectivity index (χ1n) is 13.7. The van der Waals surface area contributed by atoms with Crippen LogP contribution in [0.3, 0.4) is 0 Å². The highest BCUT2D eigenvalue weighted by molar-refractivity contribution is 6.05. The number of rotatable bonds is 7. The molecule has 0 spiro atoms. The van der Waals surface area contributed by atoms with Gasteiger partial charge in [-0.2, -0.15) is 0 Å². The lowest BCUT2D eigenvalue weighted by molar-refractivity contribution is -0.121.